The van der Waals surface area contributed by atoms with E-state index in [1.54, 1.807) is 0 Å². The SMILES string of the molecule is CCCCCCCCCCC/C=N\[N+](C)(C)C.[I-]. The standard InChI is InChI=1S/C15H33N2.HI/c1-5-6-7-8-9-10-11-12-13-14-15-16-17(2,3)4;/h15H,5-14H2,1-4H3;1H/q+1;/p-1/b16-15-;. The average molecular weight is 368 g/mol. The zero-order valence-corrected chi connectivity index (χ0v) is 15.1. The topological polar surface area (TPSA) is 12.4 Å². The van der Waals surface area contributed by atoms with Gasteiger partial charge in [-0.1, -0.05) is 63.4 Å². The van der Waals surface area contributed by atoms with Crippen LogP contribution in [0.1, 0.15) is 71.1 Å². The van der Waals surface area contributed by atoms with Gasteiger partial charge in [0.2, 0.25) is 0 Å². The van der Waals surface area contributed by atoms with Gasteiger partial charge < -0.3 is 24.0 Å². The molecule has 0 atom stereocenters. The lowest BCUT2D eigenvalue weighted by Crippen LogP contribution is -3.00. The molecule has 0 amide bonds. The van der Waals surface area contributed by atoms with Gasteiger partial charge in [-0.2, -0.15) is 0 Å². The molecule has 0 aromatic carbocycles. The van der Waals surface area contributed by atoms with Crippen LogP contribution in [-0.4, -0.2) is 31.9 Å². The van der Waals surface area contributed by atoms with Crippen molar-refractivity contribution in [1.29, 1.82) is 0 Å². The lowest BCUT2D eigenvalue weighted by atomic mass is 10.1. The van der Waals surface area contributed by atoms with Crippen LogP contribution >= 0.6 is 0 Å². The Hall–Kier alpha value is 0.360. The minimum atomic E-state index is 0. The first-order valence-corrected chi connectivity index (χ1v) is 7.42. The summed E-state index contributed by atoms with van der Waals surface area (Å²) in [5.74, 6) is 0. The van der Waals surface area contributed by atoms with Crippen LogP contribution in [0.3, 0.4) is 0 Å². The highest BCUT2D eigenvalue weighted by Gasteiger charge is 2.00. The van der Waals surface area contributed by atoms with Crippen LogP contribution < -0.4 is 24.0 Å². The van der Waals surface area contributed by atoms with Gasteiger partial charge in [0.25, 0.3) is 0 Å². The predicted octanol–water partition coefficient (Wildman–Crippen LogP) is 1.60. The monoisotopic (exact) mass is 368 g/mol. The largest absolute Gasteiger partial charge is 1.00 e. The maximum atomic E-state index is 4.44. The second kappa shape index (κ2) is 13.8. The maximum Gasteiger partial charge on any atom is 0.0923 e. The highest BCUT2D eigenvalue weighted by molar-refractivity contribution is 5.55. The van der Waals surface area contributed by atoms with Gasteiger partial charge in [0.1, 0.15) is 0 Å². The number of nitrogens with zero attached hydrogens (tertiary/aromatic N) is 2. The summed E-state index contributed by atoms with van der Waals surface area (Å²) in [6.45, 7) is 2.28. The van der Waals surface area contributed by atoms with Gasteiger partial charge >= 0.3 is 0 Å². The van der Waals surface area contributed by atoms with Gasteiger partial charge in [0, 0.05) is 0 Å². The fraction of sp³-hybridized carbons (Fsp3) is 0.933. The third-order valence-corrected chi connectivity index (χ3v) is 2.86. The molecule has 3 heteroatoms. The van der Waals surface area contributed by atoms with E-state index >= 15 is 0 Å². The fourth-order valence-electron chi connectivity index (χ4n) is 1.85. The zero-order valence-electron chi connectivity index (χ0n) is 12.9. The smallest absolute Gasteiger partial charge is 0.0923 e. The van der Waals surface area contributed by atoms with Gasteiger partial charge in [-0.15, -0.1) is 0 Å². The Bertz CT molecular complexity index is 185. The number of hydrogen-bond acceptors (Lipinski definition) is 1. The molecule has 0 aromatic heterocycles. The molecule has 0 saturated carbocycles. The van der Waals surface area contributed by atoms with Crippen molar-refractivity contribution in [1.82, 2.24) is 0 Å². The van der Waals surface area contributed by atoms with E-state index in [9.17, 15) is 0 Å². The van der Waals surface area contributed by atoms with Crippen molar-refractivity contribution in [2.75, 3.05) is 21.1 Å². The van der Waals surface area contributed by atoms with Crippen molar-refractivity contribution in [3.05, 3.63) is 0 Å². The van der Waals surface area contributed by atoms with E-state index in [1.165, 1.54) is 57.8 Å². The second-order valence-electron chi connectivity index (χ2n) is 5.86. The van der Waals surface area contributed by atoms with E-state index in [4.69, 9.17) is 0 Å². The van der Waals surface area contributed by atoms with Crippen molar-refractivity contribution in [2.24, 2.45) is 5.10 Å². The fourth-order valence-corrected chi connectivity index (χ4v) is 1.85. The highest BCUT2D eigenvalue weighted by atomic mass is 127. The van der Waals surface area contributed by atoms with E-state index in [2.05, 4.69) is 39.4 Å². The van der Waals surface area contributed by atoms with Crippen LogP contribution in [-0.2, 0) is 0 Å². The van der Waals surface area contributed by atoms with Crippen molar-refractivity contribution in [3.63, 3.8) is 0 Å². The molecule has 0 rings (SSSR count). The molecule has 0 aliphatic carbocycles. The summed E-state index contributed by atoms with van der Waals surface area (Å²) in [6, 6.07) is 0. The van der Waals surface area contributed by atoms with Crippen LogP contribution in [0.4, 0.5) is 0 Å². The molecule has 110 valence electrons. The van der Waals surface area contributed by atoms with Crippen molar-refractivity contribution in [2.45, 2.75) is 71.1 Å². The van der Waals surface area contributed by atoms with Gasteiger partial charge in [-0.25, -0.2) is 4.59 Å². The molecule has 0 radical (unpaired) electrons. The Labute approximate surface area is 132 Å². The number of halogens is 1. The predicted molar refractivity (Wildman–Crippen MR) is 78.4 cm³/mol. The van der Waals surface area contributed by atoms with Gasteiger partial charge in [-0.05, 0) is 12.8 Å². The first kappa shape index (κ1) is 20.7. The summed E-state index contributed by atoms with van der Waals surface area (Å²) in [5, 5.41) is 4.44. The molecular weight excluding hydrogens is 335 g/mol. The van der Waals surface area contributed by atoms with Crippen molar-refractivity contribution in [3.8, 4) is 0 Å². The molecule has 2 nitrogen and oxygen atoms in total. The van der Waals surface area contributed by atoms with Gasteiger partial charge in [-0.3, -0.25) is 0 Å². The normalized spacial score (nSPS) is 11.8. The van der Waals surface area contributed by atoms with Crippen LogP contribution in [0, 0.1) is 0 Å². The Morgan fingerprint density at radius 3 is 1.67 bits per heavy atom. The van der Waals surface area contributed by atoms with E-state index < -0.39 is 0 Å². The molecule has 0 saturated heterocycles. The lowest BCUT2D eigenvalue weighted by molar-refractivity contribution is -0.876. The molecular formula is C15H33IN2. The van der Waals surface area contributed by atoms with Crippen LogP contribution in [0.25, 0.3) is 0 Å². The minimum absolute atomic E-state index is 0. The van der Waals surface area contributed by atoms with Crippen LogP contribution in [0.2, 0.25) is 0 Å². The Kier molecular flexibility index (Phi) is 15.8. The minimum Gasteiger partial charge on any atom is -1.00 e. The Balaban J connectivity index is 0. The Morgan fingerprint density at radius 1 is 0.778 bits per heavy atom. The molecule has 0 unspecified atom stereocenters. The second-order valence-corrected chi connectivity index (χ2v) is 5.86. The molecule has 0 fully saturated rings. The maximum absolute atomic E-state index is 4.44. The highest BCUT2D eigenvalue weighted by Crippen LogP contribution is 2.10. The van der Waals surface area contributed by atoms with Gasteiger partial charge in [0.15, 0.2) is 0 Å². The van der Waals surface area contributed by atoms with E-state index in [-0.39, 0.29) is 24.0 Å². The van der Waals surface area contributed by atoms with Gasteiger partial charge in [0.05, 0.1) is 27.4 Å². The molecule has 0 aliphatic rings. The first-order valence-electron chi connectivity index (χ1n) is 7.42. The first-order chi connectivity index (χ1) is 8.06. The number of quaternary nitrogens is 1. The van der Waals surface area contributed by atoms with E-state index in [0.29, 0.717) is 4.59 Å². The van der Waals surface area contributed by atoms with E-state index in [0.717, 1.165) is 6.42 Å². The quantitative estimate of drug-likeness (QED) is 0.173. The summed E-state index contributed by atoms with van der Waals surface area (Å²) in [7, 11) is 6.27. The third kappa shape index (κ3) is 18.7. The van der Waals surface area contributed by atoms with Crippen LogP contribution in [0.5, 0.6) is 0 Å². The number of rotatable bonds is 11. The Morgan fingerprint density at radius 2 is 1.22 bits per heavy atom. The number of unbranched alkanes of at least 4 members (excludes halogenated alkanes) is 9. The third-order valence-electron chi connectivity index (χ3n) is 2.86. The molecule has 0 bridgehead atoms. The van der Waals surface area contributed by atoms with Crippen molar-refractivity contribution >= 4 is 6.21 Å². The molecule has 0 spiro atoms. The molecule has 18 heavy (non-hydrogen) atoms. The zero-order chi connectivity index (χ0) is 13.0. The summed E-state index contributed by atoms with van der Waals surface area (Å²) < 4.78 is 0.692. The molecule has 0 aliphatic heterocycles. The molecule has 0 N–H and O–H groups in total. The lowest BCUT2D eigenvalue weighted by Gasteiger charge is -2.14. The summed E-state index contributed by atoms with van der Waals surface area (Å²) in [5.41, 5.74) is 0. The average Bonchev–Trinajstić information content (AvgIpc) is 2.24. The number of hydrogen-bond donors (Lipinski definition) is 0. The summed E-state index contributed by atoms with van der Waals surface area (Å²) in [4.78, 5) is 0. The summed E-state index contributed by atoms with van der Waals surface area (Å²) >= 11 is 0. The van der Waals surface area contributed by atoms with Crippen LogP contribution in [0.15, 0.2) is 5.10 Å². The molecule has 0 aromatic rings. The van der Waals surface area contributed by atoms with Crippen molar-refractivity contribution < 1.29 is 28.6 Å². The molecule has 0 heterocycles. The summed E-state index contributed by atoms with van der Waals surface area (Å²) in [6.07, 6.45) is 15.8. The van der Waals surface area contributed by atoms with E-state index in [1.807, 2.05) is 0 Å².